The molecule has 2 fully saturated rings. The monoisotopic (exact) mass is 461 g/mol. The Morgan fingerprint density at radius 2 is 2.09 bits per heavy atom. The molecule has 1 saturated carbocycles. The Hall–Kier alpha value is -3.70. The second-order valence-electron chi connectivity index (χ2n) is 9.10. The normalized spacial score (nSPS) is 23.8. The smallest absolute Gasteiger partial charge is 0.338 e. The number of cyclic esters (lactones) is 1. The Kier molecular flexibility index (Phi) is 4.89. The van der Waals surface area contributed by atoms with Crippen LogP contribution >= 0.6 is 0 Å². The SMILES string of the molecule is Cc1c(C(O)CN2CC3C(C2)C3NC(=O)c2ccc(-n3cnnn3)cn2)ccc2c1COC2=O. The number of aromatic nitrogens is 5. The first-order valence-corrected chi connectivity index (χ1v) is 11.2. The number of rotatable bonds is 6. The lowest BCUT2D eigenvalue weighted by Crippen LogP contribution is -2.36. The van der Waals surface area contributed by atoms with E-state index in [1.807, 2.05) is 13.0 Å². The number of benzene rings is 1. The van der Waals surface area contributed by atoms with Crippen LogP contribution in [0, 0.1) is 18.8 Å². The molecule has 2 aromatic heterocycles. The maximum atomic E-state index is 12.6. The van der Waals surface area contributed by atoms with Gasteiger partial charge in [-0.15, -0.1) is 5.10 Å². The fourth-order valence-electron chi connectivity index (χ4n) is 5.21. The van der Waals surface area contributed by atoms with Crippen LogP contribution in [0.4, 0.5) is 0 Å². The molecule has 4 heterocycles. The lowest BCUT2D eigenvalue weighted by atomic mass is 9.95. The number of hydrogen-bond donors (Lipinski definition) is 2. The fourth-order valence-corrected chi connectivity index (χ4v) is 5.21. The summed E-state index contributed by atoms with van der Waals surface area (Å²) in [5.74, 6) is 0.262. The highest BCUT2D eigenvalue weighted by atomic mass is 16.5. The minimum atomic E-state index is -0.644. The molecule has 1 saturated heterocycles. The largest absolute Gasteiger partial charge is 0.457 e. The van der Waals surface area contributed by atoms with Gasteiger partial charge >= 0.3 is 5.97 Å². The molecule has 1 aliphatic carbocycles. The van der Waals surface area contributed by atoms with Crippen molar-refractivity contribution in [1.29, 1.82) is 0 Å². The quantitative estimate of drug-likeness (QED) is 0.501. The van der Waals surface area contributed by atoms with Crippen LogP contribution in [0.3, 0.4) is 0 Å². The average molecular weight is 461 g/mol. The molecule has 2 N–H and O–H groups in total. The minimum Gasteiger partial charge on any atom is -0.457 e. The van der Waals surface area contributed by atoms with Gasteiger partial charge in [0.05, 0.1) is 23.6 Å². The summed E-state index contributed by atoms with van der Waals surface area (Å²) in [6, 6.07) is 7.10. The van der Waals surface area contributed by atoms with Crippen molar-refractivity contribution in [2.45, 2.75) is 25.7 Å². The van der Waals surface area contributed by atoms with E-state index in [2.05, 4.69) is 30.7 Å². The van der Waals surface area contributed by atoms with Crippen molar-refractivity contribution in [2.24, 2.45) is 11.8 Å². The Labute approximate surface area is 194 Å². The van der Waals surface area contributed by atoms with Crippen molar-refractivity contribution in [3.8, 4) is 5.69 Å². The summed E-state index contributed by atoms with van der Waals surface area (Å²) < 4.78 is 6.58. The molecule has 3 aliphatic rings. The number of tetrazole rings is 1. The summed E-state index contributed by atoms with van der Waals surface area (Å²) >= 11 is 0. The standard InChI is InChI=1S/C23H23N7O4/c1-12-14(3-4-15-18(12)10-34-23(15)33)20(31)9-29-7-16-17(8-29)21(16)26-22(32)19-5-2-13(6-24-19)30-11-25-27-28-30/h2-6,11,16-17,20-21,31H,7-10H2,1H3,(H,26,32). The number of ether oxygens (including phenoxy) is 1. The van der Waals surface area contributed by atoms with Gasteiger partial charge in [-0.25, -0.2) is 9.78 Å². The first-order chi connectivity index (χ1) is 16.5. The molecule has 1 amide bonds. The van der Waals surface area contributed by atoms with Gasteiger partial charge in [-0.3, -0.25) is 9.69 Å². The predicted molar refractivity (Wildman–Crippen MR) is 117 cm³/mol. The van der Waals surface area contributed by atoms with Gasteiger partial charge in [0, 0.05) is 31.2 Å². The van der Waals surface area contributed by atoms with E-state index in [1.54, 1.807) is 24.4 Å². The highest BCUT2D eigenvalue weighted by Gasteiger charge is 2.56. The first kappa shape index (κ1) is 20.9. The van der Waals surface area contributed by atoms with Gasteiger partial charge in [0.1, 0.15) is 18.6 Å². The van der Waals surface area contributed by atoms with E-state index in [0.29, 0.717) is 35.3 Å². The summed E-state index contributed by atoms with van der Waals surface area (Å²) in [6.07, 6.45) is 2.38. The van der Waals surface area contributed by atoms with Gasteiger partial charge in [0.25, 0.3) is 5.91 Å². The second-order valence-corrected chi connectivity index (χ2v) is 9.10. The van der Waals surface area contributed by atoms with Gasteiger partial charge in [-0.1, -0.05) is 6.07 Å². The molecule has 11 nitrogen and oxygen atoms in total. The van der Waals surface area contributed by atoms with Crippen LogP contribution in [0.1, 0.15) is 43.6 Å². The van der Waals surface area contributed by atoms with Crippen molar-refractivity contribution in [3.05, 3.63) is 64.7 Å². The predicted octanol–water partition coefficient (Wildman–Crippen LogP) is 0.430. The topological polar surface area (TPSA) is 135 Å². The number of carbonyl (C=O) groups excluding carboxylic acids is 2. The minimum absolute atomic E-state index is 0.131. The number of piperidine rings is 1. The number of esters is 1. The number of carbonyl (C=O) groups is 2. The molecule has 3 aromatic rings. The number of likely N-dealkylation sites (tertiary alicyclic amines) is 1. The molecule has 0 bridgehead atoms. The number of hydrogen-bond acceptors (Lipinski definition) is 9. The van der Waals surface area contributed by atoms with Crippen LogP contribution in [0.15, 0.2) is 36.8 Å². The van der Waals surface area contributed by atoms with E-state index in [4.69, 9.17) is 4.74 Å². The van der Waals surface area contributed by atoms with E-state index >= 15 is 0 Å². The third-order valence-electron chi connectivity index (χ3n) is 7.16. The van der Waals surface area contributed by atoms with E-state index < -0.39 is 6.10 Å². The van der Waals surface area contributed by atoms with Crippen molar-refractivity contribution < 1.29 is 19.4 Å². The highest BCUT2D eigenvalue weighted by molar-refractivity contribution is 5.94. The molecule has 1 aromatic carbocycles. The van der Waals surface area contributed by atoms with Crippen LogP contribution < -0.4 is 5.32 Å². The average Bonchev–Trinajstić information content (AvgIpc) is 3.34. The number of fused-ring (bicyclic) bond motifs is 2. The van der Waals surface area contributed by atoms with E-state index in [0.717, 1.165) is 29.8 Å². The zero-order valence-electron chi connectivity index (χ0n) is 18.5. The summed E-state index contributed by atoms with van der Waals surface area (Å²) in [7, 11) is 0. The zero-order chi connectivity index (χ0) is 23.4. The molecular weight excluding hydrogens is 438 g/mol. The number of aliphatic hydroxyl groups excluding tert-OH is 1. The van der Waals surface area contributed by atoms with Gasteiger partial charge in [0.2, 0.25) is 0 Å². The number of nitrogens with zero attached hydrogens (tertiary/aromatic N) is 6. The van der Waals surface area contributed by atoms with E-state index in [1.165, 1.54) is 11.0 Å². The molecule has 2 aliphatic heterocycles. The maximum absolute atomic E-state index is 12.6. The molecular formula is C23H23N7O4. The Bertz CT molecular complexity index is 1250. The second kappa shape index (κ2) is 7.96. The maximum Gasteiger partial charge on any atom is 0.338 e. The number of nitrogens with one attached hydrogen (secondary N) is 1. The van der Waals surface area contributed by atoms with E-state index in [9.17, 15) is 14.7 Å². The highest BCUT2D eigenvalue weighted by Crippen LogP contribution is 2.46. The van der Waals surface area contributed by atoms with Crippen molar-refractivity contribution >= 4 is 11.9 Å². The lowest BCUT2D eigenvalue weighted by molar-refractivity contribution is 0.0534. The van der Waals surface area contributed by atoms with Crippen molar-refractivity contribution in [2.75, 3.05) is 19.6 Å². The molecule has 0 radical (unpaired) electrons. The number of β-amino-alcohol motifs (C(OH)–C–C–N with tert-alkyl or cyclic N) is 1. The van der Waals surface area contributed by atoms with Crippen molar-refractivity contribution in [3.63, 3.8) is 0 Å². The molecule has 34 heavy (non-hydrogen) atoms. The third kappa shape index (κ3) is 3.53. The Morgan fingerprint density at radius 1 is 1.26 bits per heavy atom. The molecule has 0 spiro atoms. The van der Waals surface area contributed by atoms with Crippen LogP contribution in [0.2, 0.25) is 0 Å². The first-order valence-electron chi connectivity index (χ1n) is 11.2. The molecule has 3 atom stereocenters. The Balaban J connectivity index is 1.02. The van der Waals surface area contributed by atoms with Gasteiger partial charge in [0.15, 0.2) is 0 Å². The third-order valence-corrected chi connectivity index (χ3v) is 7.16. The molecule has 6 rings (SSSR count). The van der Waals surface area contributed by atoms with Gasteiger partial charge < -0.3 is 15.2 Å². The molecule has 11 heteroatoms. The number of aliphatic hydroxyl groups is 1. The van der Waals surface area contributed by atoms with E-state index in [-0.39, 0.29) is 24.5 Å². The van der Waals surface area contributed by atoms with Gasteiger partial charge in [-0.2, -0.15) is 4.68 Å². The van der Waals surface area contributed by atoms with Crippen LogP contribution in [0.25, 0.3) is 5.69 Å². The Morgan fingerprint density at radius 3 is 2.79 bits per heavy atom. The summed E-state index contributed by atoms with van der Waals surface area (Å²) in [6.45, 7) is 4.36. The number of pyridine rings is 1. The summed E-state index contributed by atoms with van der Waals surface area (Å²) in [4.78, 5) is 30.8. The zero-order valence-corrected chi connectivity index (χ0v) is 18.5. The lowest BCUT2D eigenvalue weighted by Gasteiger charge is -2.24. The van der Waals surface area contributed by atoms with Crippen LogP contribution in [0.5, 0.6) is 0 Å². The summed E-state index contributed by atoms with van der Waals surface area (Å²) in [5.41, 5.74) is 4.24. The van der Waals surface area contributed by atoms with Gasteiger partial charge in [-0.05, 0) is 58.5 Å². The summed E-state index contributed by atoms with van der Waals surface area (Å²) in [5, 5.41) is 24.9. The number of amides is 1. The van der Waals surface area contributed by atoms with Crippen LogP contribution in [-0.2, 0) is 11.3 Å². The fraction of sp³-hybridized carbons (Fsp3) is 0.391. The van der Waals surface area contributed by atoms with Crippen LogP contribution in [-0.4, -0.2) is 72.8 Å². The van der Waals surface area contributed by atoms with Crippen molar-refractivity contribution in [1.82, 2.24) is 35.4 Å². The molecule has 174 valence electrons. The molecule has 3 unspecified atom stereocenters.